The predicted octanol–water partition coefficient (Wildman–Crippen LogP) is 8.31. The zero-order chi connectivity index (χ0) is 25.2. The molecule has 35 heavy (non-hydrogen) atoms. The summed E-state index contributed by atoms with van der Waals surface area (Å²) in [6.07, 6.45) is 19.3. The SMILES string of the molecule is CC[C@]1(O)CC[C@@]2(C)C(=CC[C@H]3[C@@H]4CC[C@H](C(C)C(O)CC5CCC(C)(C)CC5)[C@@]4(C)CC[C@@H]32)C1. The van der Waals surface area contributed by atoms with Crippen molar-refractivity contribution >= 4 is 0 Å². The molecule has 0 radical (unpaired) electrons. The first kappa shape index (κ1) is 26.3. The van der Waals surface area contributed by atoms with Gasteiger partial charge in [0.25, 0.3) is 0 Å². The first-order valence-corrected chi connectivity index (χ1v) is 15.5. The van der Waals surface area contributed by atoms with Gasteiger partial charge in [0.15, 0.2) is 0 Å². The lowest BCUT2D eigenvalue weighted by Gasteiger charge is -2.59. The summed E-state index contributed by atoms with van der Waals surface area (Å²) in [5, 5.41) is 22.5. The van der Waals surface area contributed by atoms with Gasteiger partial charge in [-0.05, 0) is 142 Å². The molecular weight excluding hydrogens is 428 g/mol. The van der Waals surface area contributed by atoms with Gasteiger partial charge in [-0.25, -0.2) is 0 Å². The molecule has 0 aliphatic heterocycles. The van der Waals surface area contributed by atoms with Crippen LogP contribution >= 0.6 is 0 Å². The summed E-state index contributed by atoms with van der Waals surface area (Å²) in [6.45, 7) is 14.6. The van der Waals surface area contributed by atoms with E-state index in [0.717, 1.165) is 49.4 Å². The Kier molecular flexibility index (Phi) is 6.86. The molecule has 0 bridgehead atoms. The summed E-state index contributed by atoms with van der Waals surface area (Å²) in [7, 11) is 0. The van der Waals surface area contributed by atoms with Crippen LogP contribution in [0, 0.1) is 51.8 Å². The Morgan fingerprint density at radius 3 is 2.31 bits per heavy atom. The van der Waals surface area contributed by atoms with Crippen molar-refractivity contribution in [2.45, 2.75) is 143 Å². The summed E-state index contributed by atoms with van der Waals surface area (Å²) < 4.78 is 0. The van der Waals surface area contributed by atoms with Crippen molar-refractivity contribution in [1.82, 2.24) is 0 Å². The summed E-state index contributed by atoms with van der Waals surface area (Å²) in [5.41, 5.74) is 2.35. The minimum absolute atomic E-state index is 0.125. The second kappa shape index (κ2) is 9.14. The van der Waals surface area contributed by atoms with Crippen molar-refractivity contribution in [3.8, 4) is 0 Å². The van der Waals surface area contributed by atoms with E-state index in [2.05, 4.69) is 47.6 Å². The Morgan fingerprint density at radius 1 is 0.914 bits per heavy atom. The van der Waals surface area contributed by atoms with Crippen LogP contribution in [0.15, 0.2) is 11.6 Å². The maximum absolute atomic E-state index is 11.4. The van der Waals surface area contributed by atoms with Crippen molar-refractivity contribution in [3.63, 3.8) is 0 Å². The molecule has 4 fully saturated rings. The highest BCUT2D eigenvalue weighted by atomic mass is 16.3. The number of fused-ring (bicyclic) bond motifs is 5. The topological polar surface area (TPSA) is 40.5 Å². The summed E-state index contributed by atoms with van der Waals surface area (Å²) >= 11 is 0. The third-order valence-corrected chi connectivity index (χ3v) is 13.3. The average Bonchev–Trinajstić information content (AvgIpc) is 3.17. The number of aliphatic hydroxyl groups excluding tert-OH is 1. The Balaban J connectivity index is 1.27. The van der Waals surface area contributed by atoms with Crippen molar-refractivity contribution in [2.75, 3.05) is 0 Å². The zero-order valence-electron chi connectivity index (χ0n) is 23.9. The molecule has 0 spiro atoms. The van der Waals surface area contributed by atoms with Gasteiger partial charge in [0.2, 0.25) is 0 Å². The van der Waals surface area contributed by atoms with Gasteiger partial charge in [0, 0.05) is 0 Å². The summed E-state index contributed by atoms with van der Waals surface area (Å²) in [5.74, 6) is 4.26. The van der Waals surface area contributed by atoms with Gasteiger partial charge in [-0.3, -0.25) is 0 Å². The monoisotopic (exact) mass is 484 g/mol. The first-order chi connectivity index (χ1) is 16.4. The van der Waals surface area contributed by atoms with Crippen LogP contribution in [0.25, 0.3) is 0 Å². The minimum atomic E-state index is -0.459. The highest BCUT2D eigenvalue weighted by molar-refractivity contribution is 5.27. The number of hydrogen-bond acceptors (Lipinski definition) is 2. The Hall–Kier alpha value is -0.340. The van der Waals surface area contributed by atoms with Crippen LogP contribution < -0.4 is 0 Å². The van der Waals surface area contributed by atoms with E-state index in [1.54, 1.807) is 5.57 Å². The van der Waals surface area contributed by atoms with E-state index < -0.39 is 5.60 Å². The van der Waals surface area contributed by atoms with E-state index in [-0.39, 0.29) is 6.10 Å². The summed E-state index contributed by atoms with van der Waals surface area (Å²) in [4.78, 5) is 0. The molecule has 5 rings (SSSR count). The summed E-state index contributed by atoms with van der Waals surface area (Å²) in [6, 6.07) is 0. The van der Waals surface area contributed by atoms with E-state index in [0.29, 0.717) is 28.1 Å². The van der Waals surface area contributed by atoms with Gasteiger partial charge >= 0.3 is 0 Å². The molecule has 200 valence electrons. The third kappa shape index (κ3) is 4.49. The van der Waals surface area contributed by atoms with Gasteiger partial charge < -0.3 is 10.2 Å². The van der Waals surface area contributed by atoms with Crippen LogP contribution in [0.1, 0.15) is 131 Å². The number of aliphatic hydroxyl groups is 2. The van der Waals surface area contributed by atoms with Gasteiger partial charge in [-0.15, -0.1) is 0 Å². The number of rotatable bonds is 5. The normalized spacial score (nSPS) is 47.3. The smallest absolute Gasteiger partial charge is 0.0682 e. The van der Waals surface area contributed by atoms with Crippen molar-refractivity contribution in [2.24, 2.45) is 51.8 Å². The quantitative estimate of drug-likeness (QED) is 0.385. The molecule has 5 aliphatic rings. The second-order valence-corrected chi connectivity index (χ2v) is 15.5. The number of allylic oxidation sites excluding steroid dienone is 1. The zero-order valence-corrected chi connectivity index (χ0v) is 23.9. The van der Waals surface area contributed by atoms with Crippen LogP contribution in [-0.2, 0) is 0 Å². The van der Waals surface area contributed by atoms with E-state index in [1.165, 1.54) is 64.2 Å². The minimum Gasteiger partial charge on any atom is -0.393 e. The fraction of sp³-hybridized carbons (Fsp3) is 0.939. The largest absolute Gasteiger partial charge is 0.393 e. The maximum Gasteiger partial charge on any atom is 0.0682 e. The molecule has 2 unspecified atom stereocenters. The number of hydrogen-bond donors (Lipinski definition) is 2. The van der Waals surface area contributed by atoms with Crippen molar-refractivity contribution in [3.05, 3.63) is 11.6 Å². The Morgan fingerprint density at radius 2 is 1.63 bits per heavy atom. The highest BCUT2D eigenvalue weighted by Gasteiger charge is 2.60. The molecular formula is C33H56O2. The van der Waals surface area contributed by atoms with Crippen LogP contribution in [-0.4, -0.2) is 21.9 Å². The first-order valence-electron chi connectivity index (χ1n) is 15.5. The molecule has 0 heterocycles. The Labute approximate surface area is 216 Å². The highest BCUT2D eigenvalue weighted by Crippen LogP contribution is 2.68. The van der Waals surface area contributed by atoms with E-state index in [1.807, 2.05) is 0 Å². The average molecular weight is 485 g/mol. The van der Waals surface area contributed by atoms with Gasteiger partial charge in [-0.2, -0.15) is 0 Å². The van der Waals surface area contributed by atoms with Crippen molar-refractivity contribution < 1.29 is 10.2 Å². The fourth-order valence-corrected chi connectivity index (χ4v) is 10.4. The maximum atomic E-state index is 11.4. The molecule has 0 aromatic carbocycles. The van der Waals surface area contributed by atoms with E-state index in [9.17, 15) is 10.2 Å². The molecule has 4 saturated carbocycles. The van der Waals surface area contributed by atoms with Crippen LogP contribution in [0.5, 0.6) is 0 Å². The lowest BCUT2D eigenvalue weighted by Crippen LogP contribution is -2.52. The van der Waals surface area contributed by atoms with Gasteiger partial charge in [0.1, 0.15) is 0 Å². The fourth-order valence-electron chi connectivity index (χ4n) is 10.4. The van der Waals surface area contributed by atoms with Crippen LogP contribution in [0.4, 0.5) is 0 Å². The van der Waals surface area contributed by atoms with Crippen molar-refractivity contribution in [1.29, 1.82) is 0 Å². The molecule has 0 saturated heterocycles. The van der Waals surface area contributed by atoms with E-state index >= 15 is 0 Å². The molecule has 2 N–H and O–H groups in total. The molecule has 9 atom stereocenters. The third-order valence-electron chi connectivity index (χ3n) is 13.3. The predicted molar refractivity (Wildman–Crippen MR) is 146 cm³/mol. The van der Waals surface area contributed by atoms with Crippen LogP contribution in [0.2, 0.25) is 0 Å². The van der Waals surface area contributed by atoms with Crippen LogP contribution in [0.3, 0.4) is 0 Å². The van der Waals surface area contributed by atoms with E-state index in [4.69, 9.17) is 0 Å². The lowest BCUT2D eigenvalue weighted by molar-refractivity contribution is -0.0827. The second-order valence-electron chi connectivity index (χ2n) is 15.5. The Bertz CT molecular complexity index is 804. The van der Waals surface area contributed by atoms with Gasteiger partial charge in [-0.1, -0.05) is 53.2 Å². The molecule has 2 heteroatoms. The molecule has 0 amide bonds. The molecule has 2 nitrogen and oxygen atoms in total. The molecule has 0 aromatic heterocycles. The molecule has 0 aromatic rings. The lowest BCUT2D eigenvalue weighted by atomic mass is 9.46. The van der Waals surface area contributed by atoms with Gasteiger partial charge in [0.05, 0.1) is 11.7 Å². The standard InChI is InChI=1S/C33H56O2/c1-7-33(35)19-18-31(5)24(21-33)8-9-25-27-11-10-26(32(27,6)17-14-28(25)31)22(2)29(34)20-23-12-15-30(3,4)16-13-23/h8,22-23,25-29,34-35H,7,9-21H2,1-6H3/t22?,25-,26+,27-,28-,29?,31-,32+,33-/m0/s1. The molecule has 5 aliphatic carbocycles.